The van der Waals surface area contributed by atoms with Gasteiger partial charge in [0.1, 0.15) is 0 Å². The smallest absolute Gasteiger partial charge is 0.190 e. The molecule has 0 unspecified atom stereocenters. The van der Waals surface area contributed by atoms with E-state index in [4.69, 9.17) is 9.47 Å². The first-order valence-electron chi connectivity index (χ1n) is 10.5. The summed E-state index contributed by atoms with van der Waals surface area (Å²) < 4.78 is 11.2. The molecule has 0 aromatic rings. The van der Waals surface area contributed by atoms with E-state index in [1.54, 1.807) is 0 Å². The molecule has 1 saturated heterocycles. The van der Waals surface area contributed by atoms with Crippen LogP contribution in [0.1, 0.15) is 51.4 Å². The summed E-state index contributed by atoms with van der Waals surface area (Å²) in [4.78, 5) is 6.54. The van der Waals surface area contributed by atoms with E-state index in [-0.39, 0.29) is 24.0 Å². The molecule has 0 aliphatic carbocycles. The molecule has 1 rings (SSSR count). The van der Waals surface area contributed by atoms with Gasteiger partial charge in [-0.3, -0.25) is 4.99 Å². The minimum absolute atomic E-state index is 0. The minimum Gasteiger partial charge on any atom is -0.381 e. The Morgan fingerprint density at radius 3 is 2.30 bits per heavy atom. The molecule has 1 fully saturated rings. The summed E-state index contributed by atoms with van der Waals surface area (Å²) >= 11 is 0. The average molecular weight is 498 g/mol. The molecule has 0 aromatic heterocycles. The molecule has 6 nitrogen and oxygen atoms in total. The molecule has 0 bridgehead atoms. The number of rotatable bonds is 14. The lowest BCUT2D eigenvalue weighted by Crippen LogP contribution is -2.38. The summed E-state index contributed by atoms with van der Waals surface area (Å²) in [5.41, 5.74) is 0. The number of unbranched alkanes of at least 4 members (excludes halogenated alkanes) is 4. The van der Waals surface area contributed by atoms with Crippen molar-refractivity contribution in [1.82, 2.24) is 15.5 Å². The summed E-state index contributed by atoms with van der Waals surface area (Å²) in [6.07, 6.45) is 9.75. The van der Waals surface area contributed by atoms with Crippen LogP contribution in [0.4, 0.5) is 0 Å². The fourth-order valence-corrected chi connectivity index (χ4v) is 3.05. The maximum atomic E-state index is 5.79. The Morgan fingerprint density at radius 2 is 1.63 bits per heavy atom. The van der Waals surface area contributed by atoms with Gasteiger partial charge < -0.3 is 25.0 Å². The molecule has 0 saturated carbocycles. The molecule has 0 amide bonds. The standard InChI is InChI=1S/C20H42N4O2.HI/c1-21-20(22-12-7-5-4-6-8-14-24(2)3)23-13-9-15-26-18-19-10-16-25-17-11-19;/h19H,4-18H2,1-3H3,(H2,21,22,23);1H. The SMILES string of the molecule is CN=C(NCCCCCCCN(C)C)NCCCOCC1CCOCC1.I. The van der Waals surface area contributed by atoms with Crippen molar-refractivity contribution in [2.75, 3.05) is 67.2 Å². The third-order valence-corrected chi connectivity index (χ3v) is 4.75. The number of hydrogen-bond donors (Lipinski definition) is 2. The predicted octanol–water partition coefficient (Wildman–Crippen LogP) is 3.11. The molecule has 0 radical (unpaired) electrons. The second kappa shape index (κ2) is 19.2. The average Bonchev–Trinajstić information content (AvgIpc) is 2.65. The monoisotopic (exact) mass is 498 g/mol. The molecule has 162 valence electrons. The summed E-state index contributed by atoms with van der Waals surface area (Å²) in [5.74, 6) is 1.59. The molecule has 1 aliphatic rings. The van der Waals surface area contributed by atoms with Crippen LogP contribution in [0.25, 0.3) is 0 Å². The molecular formula is C20H43IN4O2. The number of ether oxygens (including phenoxy) is 2. The Labute approximate surface area is 184 Å². The summed E-state index contributed by atoms with van der Waals surface area (Å²) in [6.45, 7) is 6.58. The van der Waals surface area contributed by atoms with Gasteiger partial charge in [0.25, 0.3) is 0 Å². The number of guanidine groups is 1. The van der Waals surface area contributed by atoms with E-state index in [1.807, 2.05) is 7.05 Å². The zero-order valence-electron chi connectivity index (χ0n) is 17.8. The molecule has 27 heavy (non-hydrogen) atoms. The molecular weight excluding hydrogens is 455 g/mol. The van der Waals surface area contributed by atoms with Crippen LogP contribution < -0.4 is 10.6 Å². The van der Waals surface area contributed by atoms with Crippen molar-refractivity contribution < 1.29 is 9.47 Å². The quantitative estimate of drug-likeness (QED) is 0.167. The van der Waals surface area contributed by atoms with Gasteiger partial charge in [-0.1, -0.05) is 19.3 Å². The first kappa shape index (κ1) is 26.9. The zero-order chi connectivity index (χ0) is 18.9. The lowest BCUT2D eigenvalue weighted by Gasteiger charge is -2.21. The van der Waals surface area contributed by atoms with Gasteiger partial charge in [-0.25, -0.2) is 0 Å². The van der Waals surface area contributed by atoms with Gasteiger partial charge in [0.2, 0.25) is 0 Å². The molecule has 0 atom stereocenters. The molecule has 2 N–H and O–H groups in total. The third-order valence-electron chi connectivity index (χ3n) is 4.75. The Hall–Kier alpha value is -0.120. The van der Waals surface area contributed by atoms with E-state index in [1.165, 1.54) is 38.6 Å². The van der Waals surface area contributed by atoms with Crippen molar-refractivity contribution in [2.45, 2.75) is 51.4 Å². The van der Waals surface area contributed by atoms with Crippen molar-refractivity contribution in [3.05, 3.63) is 0 Å². The highest BCUT2D eigenvalue weighted by molar-refractivity contribution is 14.0. The fraction of sp³-hybridized carbons (Fsp3) is 0.950. The van der Waals surface area contributed by atoms with E-state index in [0.717, 1.165) is 64.7 Å². The van der Waals surface area contributed by atoms with Gasteiger partial charge in [-0.2, -0.15) is 0 Å². The van der Waals surface area contributed by atoms with Crippen LogP contribution in [0.15, 0.2) is 4.99 Å². The summed E-state index contributed by atoms with van der Waals surface area (Å²) in [6, 6.07) is 0. The summed E-state index contributed by atoms with van der Waals surface area (Å²) in [5, 5.41) is 6.76. The van der Waals surface area contributed by atoms with E-state index < -0.39 is 0 Å². The van der Waals surface area contributed by atoms with Crippen molar-refractivity contribution in [3.8, 4) is 0 Å². The van der Waals surface area contributed by atoms with Crippen LogP contribution in [-0.2, 0) is 9.47 Å². The number of aliphatic imine (C=N–C) groups is 1. The van der Waals surface area contributed by atoms with Crippen molar-refractivity contribution in [3.63, 3.8) is 0 Å². The number of hydrogen-bond acceptors (Lipinski definition) is 4. The Kier molecular flexibility index (Phi) is 19.1. The van der Waals surface area contributed by atoms with Crippen molar-refractivity contribution in [2.24, 2.45) is 10.9 Å². The van der Waals surface area contributed by atoms with Crippen LogP contribution in [0.2, 0.25) is 0 Å². The predicted molar refractivity (Wildman–Crippen MR) is 125 cm³/mol. The van der Waals surface area contributed by atoms with Crippen LogP contribution in [0, 0.1) is 5.92 Å². The van der Waals surface area contributed by atoms with Crippen LogP contribution >= 0.6 is 24.0 Å². The second-order valence-electron chi connectivity index (χ2n) is 7.48. The number of nitrogens with one attached hydrogen (secondary N) is 2. The molecule has 1 aliphatic heterocycles. The van der Waals surface area contributed by atoms with Gasteiger partial charge in [0.05, 0.1) is 0 Å². The highest BCUT2D eigenvalue weighted by Gasteiger charge is 2.13. The topological polar surface area (TPSA) is 58.1 Å². The van der Waals surface area contributed by atoms with Crippen molar-refractivity contribution >= 4 is 29.9 Å². The normalized spacial score (nSPS) is 15.6. The van der Waals surface area contributed by atoms with Gasteiger partial charge >= 0.3 is 0 Å². The van der Waals surface area contributed by atoms with Gasteiger partial charge in [0.15, 0.2) is 5.96 Å². The Balaban J connectivity index is 0.00000676. The van der Waals surface area contributed by atoms with Crippen LogP contribution in [-0.4, -0.2) is 78.1 Å². The molecule has 1 heterocycles. The van der Waals surface area contributed by atoms with Gasteiger partial charge in [0, 0.05) is 46.6 Å². The van der Waals surface area contributed by atoms with Crippen LogP contribution in [0.5, 0.6) is 0 Å². The minimum atomic E-state index is 0. The van der Waals surface area contributed by atoms with E-state index >= 15 is 0 Å². The number of nitrogens with zero attached hydrogens (tertiary/aromatic N) is 2. The van der Waals surface area contributed by atoms with Gasteiger partial charge in [-0.05, 0) is 58.7 Å². The molecule has 0 spiro atoms. The lowest BCUT2D eigenvalue weighted by atomic mass is 10.0. The van der Waals surface area contributed by atoms with Gasteiger partial charge in [-0.15, -0.1) is 24.0 Å². The molecule has 0 aromatic carbocycles. The largest absolute Gasteiger partial charge is 0.381 e. The highest BCUT2D eigenvalue weighted by atomic mass is 127. The maximum absolute atomic E-state index is 5.79. The Morgan fingerprint density at radius 1 is 1.00 bits per heavy atom. The fourth-order valence-electron chi connectivity index (χ4n) is 3.05. The second-order valence-corrected chi connectivity index (χ2v) is 7.48. The first-order chi connectivity index (χ1) is 12.7. The zero-order valence-corrected chi connectivity index (χ0v) is 20.1. The summed E-state index contributed by atoms with van der Waals surface area (Å²) in [7, 11) is 6.11. The lowest BCUT2D eigenvalue weighted by molar-refractivity contribution is 0.0203. The maximum Gasteiger partial charge on any atom is 0.190 e. The molecule has 7 heteroatoms. The third kappa shape index (κ3) is 16.5. The van der Waals surface area contributed by atoms with Crippen LogP contribution in [0.3, 0.4) is 0 Å². The van der Waals surface area contributed by atoms with Crippen molar-refractivity contribution in [1.29, 1.82) is 0 Å². The van der Waals surface area contributed by atoms with E-state index in [0.29, 0.717) is 5.92 Å². The van der Waals surface area contributed by atoms with E-state index in [9.17, 15) is 0 Å². The highest BCUT2D eigenvalue weighted by Crippen LogP contribution is 2.14. The number of halogens is 1. The van der Waals surface area contributed by atoms with E-state index in [2.05, 4.69) is 34.6 Å². The Bertz CT molecular complexity index is 351. The first-order valence-corrected chi connectivity index (χ1v) is 10.5.